The zero-order chi connectivity index (χ0) is 20.2. The summed E-state index contributed by atoms with van der Waals surface area (Å²) in [5.74, 6) is -0.834. The van der Waals surface area contributed by atoms with Gasteiger partial charge in [-0.25, -0.2) is 4.39 Å². The van der Waals surface area contributed by atoms with Gasteiger partial charge in [0, 0.05) is 25.7 Å². The average Bonchev–Trinajstić information content (AvgIpc) is 2.60. The Morgan fingerprint density at radius 1 is 1.07 bits per heavy atom. The number of nitrogens with zero attached hydrogens (tertiary/aromatic N) is 2. The fraction of sp³-hybridized carbons (Fsp3) is 0.316. The zero-order valence-corrected chi connectivity index (χ0v) is 16.6. The topological polar surface area (TPSA) is 69.7 Å². The van der Waals surface area contributed by atoms with Crippen LogP contribution in [0.4, 0.5) is 10.1 Å². The lowest BCUT2D eigenvalue weighted by atomic mass is 10.1. The summed E-state index contributed by atoms with van der Waals surface area (Å²) in [4.78, 5) is 12.0. The highest BCUT2D eigenvalue weighted by molar-refractivity contribution is 7.90. The molecule has 0 saturated heterocycles. The first-order valence-electron chi connectivity index (χ1n) is 8.47. The van der Waals surface area contributed by atoms with Crippen LogP contribution in [0.2, 0.25) is 0 Å². The fourth-order valence-electron chi connectivity index (χ4n) is 2.42. The second-order valence-electron chi connectivity index (χ2n) is 6.57. The summed E-state index contributed by atoms with van der Waals surface area (Å²) in [7, 11) is -1.12. The monoisotopic (exact) mass is 393 g/mol. The van der Waals surface area contributed by atoms with Crippen molar-refractivity contribution >= 4 is 21.8 Å². The third kappa shape index (κ3) is 5.05. The van der Waals surface area contributed by atoms with Crippen LogP contribution in [0.5, 0.6) is 0 Å². The number of amides is 1. The van der Waals surface area contributed by atoms with Gasteiger partial charge in [0.1, 0.15) is 5.82 Å². The highest BCUT2D eigenvalue weighted by Gasteiger charge is 2.27. The molecule has 0 aliphatic rings. The molecule has 2 aromatic rings. The Hall–Kier alpha value is -2.45. The molecule has 0 heterocycles. The molecular formula is C19H24FN3O3S. The number of para-hydroxylation sites is 1. The molecule has 6 nitrogen and oxygen atoms in total. The van der Waals surface area contributed by atoms with Gasteiger partial charge in [-0.3, -0.25) is 9.10 Å². The lowest BCUT2D eigenvalue weighted by Crippen LogP contribution is -2.40. The normalized spacial score (nSPS) is 11.7. The molecule has 8 heteroatoms. The third-order valence-corrected chi connectivity index (χ3v) is 5.63. The molecule has 0 aliphatic carbocycles. The number of benzene rings is 2. The summed E-state index contributed by atoms with van der Waals surface area (Å²) >= 11 is 0. The van der Waals surface area contributed by atoms with Crippen molar-refractivity contribution in [3.63, 3.8) is 0 Å². The van der Waals surface area contributed by atoms with Crippen LogP contribution in [0.25, 0.3) is 0 Å². The summed E-state index contributed by atoms with van der Waals surface area (Å²) in [5.41, 5.74) is 1.07. The molecule has 0 saturated carbocycles. The standard InChI is InChI=1S/C19H24FN3O3S/c1-14(2)21-19(24)16-11-9-15(10-12-16)13-23(27(25,26)22(3)4)18-8-6-5-7-17(18)20/h5-12,14H,13H2,1-4H3,(H,21,24). The number of anilines is 1. The van der Waals surface area contributed by atoms with E-state index in [9.17, 15) is 17.6 Å². The van der Waals surface area contributed by atoms with Gasteiger partial charge in [0.25, 0.3) is 5.91 Å². The smallest absolute Gasteiger partial charge is 0.303 e. The van der Waals surface area contributed by atoms with E-state index in [4.69, 9.17) is 0 Å². The second-order valence-corrected chi connectivity index (χ2v) is 8.64. The number of nitrogens with one attached hydrogen (secondary N) is 1. The van der Waals surface area contributed by atoms with Gasteiger partial charge >= 0.3 is 10.2 Å². The van der Waals surface area contributed by atoms with Gasteiger partial charge in [0.2, 0.25) is 0 Å². The number of hydrogen-bond acceptors (Lipinski definition) is 3. The largest absolute Gasteiger partial charge is 0.350 e. The van der Waals surface area contributed by atoms with Gasteiger partial charge in [0.15, 0.2) is 0 Å². The zero-order valence-electron chi connectivity index (χ0n) is 15.8. The Bertz CT molecular complexity index is 897. The van der Waals surface area contributed by atoms with Gasteiger partial charge in [-0.15, -0.1) is 0 Å². The molecule has 0 bridgehead atoms. The van der Waals surface area contributed by atoms with Crippen molar-refractivity contribution in [3.05, 3.63) is 65.5 Å². The molecule has 0 atom stereocenters. The molecule has 0 unspecified atom stereocenters. The van der Waals surface area contributed by atoms with Crippen LogP contribution in [0.3, 0.4) is 0 Å². The summed E-state index contributed by atoms with van der Waals surface area (Å²) in [6, 6.07) is 12.3. The fourth-order valence-corrected chi connectivity index (χ4v) is 3.52. The van der Waals surface area contributed by atoms with Crippen molar-refractivity contribution in [2.75, 3.05) is 18.4 Å². The Kier molecular flexibility index (Phi) is 6.56. The minimum Gasteiger partial charge on any atom is -0.350 e. The van der Waals surface area contributed by atoms with E-state index in [1.165, 1.54) is 32.3 Å². The number of carbonyl (C=O) groups is 1. The van der Waals surface area contributed by atoms with Crippen molar-refractivity contribution < 1.29 is 17.6 Å². The van der Waals surface area contributed by atoms with Crippen molar-refractivity contribution in [3.8, 4) is 0 Å². The summed E-state index contributed by atoms with van der Waals surface area (Å²) in [6.45, 7) is 3.67. The second kappa shape index (κ2) is 8.49. The van der Waals surface area contributed by atoms with E-state index >= 15 is 0 Å². The van der Waals surface area contributed by atoms with Crippen LogP contribution < -0.4 is 9.62 Å². The molecule has 0 spiro atoms. The Morgan fingerprint density at radius 2 is 1.67 bits per heavy atom. The van der Waals surface area contributed by atoms with E-state index in [1.54, 1.807) is 30.3 Å². The molecule has 2 aromatic carbocycles. The van der Waals surface area contributed by atoms with E-state index < -0.39 is 16.0 Å². The van der Waals surface area contributed by atoms with Crippen molar-refractivity contribution in [2.45, 2.75) is 26.4 Å². The molecule has 1 amide bonds. The van der Waals surface area contributed by atoms with Crippen LogP contribution in [0, 0.1) is 5.82 Å². The quantitative estimate of drug-likeness (QED) is 0.786. The number of rotatable bonds is 7. The maximum atomic E-state index is 14.3. The molecule has 0 aliphatic heterocycles. The van der Waals surface area contributed by atoms with E-state index in [1.807, 2.05) is 13.8 Å². The maximum absolute atomic E-state index is 14.3. The molecule has 2 rings (SSSR count). The molecule has 27 heavy (non-hydrogen) atoms. The SMILES string of the molecule is CC(C)NC(=O)c1ccc(CN(c2ccccc2F)S(=O)(=O)N(C)C)cc1. The predicted molar refractivity (Wildman–Crippen MR) is 104 cm³/mol. The van der Waals surface area contributed by atoms with E-state index in [0.29, 0.717) is 11.1 Å². The Labute approximate surface area is 159 Å². The van der Waals surface area contributed by atoms with Crippen LogP contribution in [0.15, 0.2) is 48.5 Å². The van der Waals surface area contributed by atoms with Crippen LogP contribution >= 0.6 is 0 Å². The highest BCUT2D eigenvalue weighted by Crippen LogP contribution is 2.25. The van der Waals surface area contributed by atoms with Crippen LogP contribution in [-0.2, 0) is 16.8 Å². The van der Waals surface area contributed by atoms with Crippen LogP contribution in [-0.4, -0.2) is 38.8 Å². The molecule has 0 radical (unpaired) electrons. The van der Waals surface area contributed by atoms with Crippen molar-refractivity contribution in [1.29, 1.82) is 0 Å². The Morgan fingerprint density at radius 3 is 2.19 bits per heavy atom. The molecule has 0 aromatic heterocycles. The average molecular weight is 393 g/mol. The predicted octanol–water partition coefficient (Wildman–Crippen LogP) is 2.78. The lowest BCUT2D eigenvalue weighted by molar-refractivity contribution is 0.0943. The highest BCUT2D eigenvalue weighted by atomic mass is 32.2. The summed E-state index contributed by atoms with van der Waals surface area (Å²) in [5, 5.41) is 2.79. The van der Waals surface area contributed by atoms with Gasteiger partial charge in [-0.2, -0.15) is 12.7 Å². The molecule has 0 fully saturated rings. The van der Waals surface area contributed by atoms with Crippen molar-refractivity contribution in [1.82, 2.24) is 9.62 Å². The van der Waals surface area contributed by atoms with E-state index in [-0.39, 0.29) is 24.2 Å². The summed E-state index contributed by atoms with van der Waals surface area (Å²) < 4.78 is 41.7. The van der Waals surface area contributed by atoms with Gasteiger partial charge in [-0.1, -0.05) is 24.3 Å². The molecule has 1 N–H and O–H groups in total. The van der Waals surface area contributed by atoms with Gasteiger partial charge < -0.3 is 5.32 Å². The first-order chi connectivity index (χ1) is 12.6. The lowest BCUT2D eigenvalue weighted by Gasteiger charge is -2.27. The first kappa shape index (κ1) is 20.9. The first-order valence-corrected chi connectivity index (χ1v) is 9.87. The van der Waals surface area contributed by atoms with E-state index in [2.05, 4.69) is 5.32 Å². The molecule has 146 valence electrons. The minimum atomic E-state index is -3.91. The van der Waals surface area contributed by atoms with Gasteiger partial charge in [-0.05, 0) is 43.7 Å². The number of carbonyl (C=O) groups excluding carboxylic acids is 1. The third-order valence-electron chi connectivity index (χ3n) is 3.82. The van der Waals surface area contributed by atoms with E-state index in [0.717, 1.165) is 8.61 Å². The van der Waals surface area contributed by atoms with Crippen molar-refractivity contribution in [2.24, 2.45) is 0 Å². The number of halogens is 1. The van der Waals surface area contributed by atoms with Gasteiger partial charge in [0.05, 0.1) is 12.2 Å². The van der Waals surface area contributed by atoms with Crippen LogP contribution in [0.1, 0.15) is 29.8 Å². The summed E-state index contributed by atoms with van der Waals surface area (Å²) in [6.07, 6.45) is 0. The maximum Gasteiger partial charge on any atom is 0.303 e. The minimum absolute atomic E-state index is 0.0129. The molecular weight excluding hydrogens is 369 g/mol. The Balaban J connectivity index is 2.34. The number of hydrogen-bond donors (Lipinski definition) is 1.